The van der Waals surface area contributed by atoms with Gasteiger partial charge in [0.1, 0.15) is 5.54 Å². The second-order valence-corrected chi connectivity index (χ2v) is 6.55. The Balaban J connectivity index is 2.30. The number of nitrogens with one attached hydrogen (secondary N) is 1. The molecule has 1 atom stereocenters. The van der Waals surface area contributed by atoms with E-state index in [9.17, 15) is 4.79 Å². The van der Waals surface area contributed by atoms with Crippen molar-refractivity contribution in [1.29, 1.82) is 0 Å². The van der Waals surface area contributed by atoms with Crippen molar-refractivity contribution in [2.45, 2.75) is 44.9 Å². The molecule has 1 aromatic rings. The quantitative estimate of drug-likeness (QED) is 0.559. The van der Waals surface area contributed by atoms with E-state index in [1.807, 2.05) is 32.7 Å². The minimum Gasteiger partial charge on any atom is -0.465 e. The summed E-state index contributed by atoms with van der Waals surface area (Å²) in [7, 11) is 1.82. The lowest BCUT2D eigenvalue weighted by molar-refractivity contribution is -0.150. The first-order valence-electron chi connectivity index (χ1n) is 7.51. The standard InChI is InChI=1S/C17H27NO2S/c1-5-20-16(19)17(3,18-4)10-7-11-21-13-15-9-6-8-14(2)12-15/h6,8-9,12,18H,5,7,10-11,13H2,1-4H3. The Morgan fingerprint density at radius 1 is 1.43 bits per heavy atom. The number of benzene rings is 1. The molecule has 21 heavy (non-hydrogen) atoms. The van der Waals surface area contributed by atoms with Gasteiger partial charge in [0, 0.05) is 5.75 Å². The number of hydrogen-bond acceptors (Lipinski definition) is 4. The fourth-order valence-corrected chi connectivity index (χ4v) is 3.05. The average Bonchev–Trinajstić information content (AvgIpc) is 2.47. The van der Waals surface area contributed by atoms with Gasteiger partial charge >= 0.3 is 5.97 Å². The lowest BCUT2D eigenvalue weighted by Crippen LogP contribution is -2.48. The van der Waals surface area contributed by atoms with Crippen LogP contribution in [0.4, 0.5) is 0 Å². The molecule has 0 amide bonds. The van der Waals surface area contributed by atoms with E-state index in [0.717, 1.165) is 24.3 Å². The highest BCUT2D eigenvalue weighted by Gasteiger charge is 2.32. The van der Waals surface area contributed by atoms with E-state index in [-0.39, 0.29) is 5.97 Å². The maximum absolute atomic E-state index is 11.9. The lowest BCUT2D eigenvalue weighted by Gasteiger charge is -2.26. The zero-order valence-corrected chi connectivity index (χ0v) is 14.4. The summed E-state index contributed by atoms with van der Waals surface area (Å²) >= 11 is 1.91. The van der Waals surface area contributed by atoms with Gasteiger partial charge in [0.15, 0.2) is 0 Å². The van der Waals surface area contributed by atoms with E-state index in [1.54, 1.807) is 0 Å². The SMILES string of the molecule is CCOC(=O)C(C)(CCCSCc1cccc(C)c1)NC. The van der Waals surface area contributed by atoms with Crippen molar-refractivity contribution in [2.24, 2.45) is 0 Å². The summed E-state index contributed by atoms with van der Waals surface area (Å²) in [6.45, 7) is 6.30. The Bertz CT molecular complexity index is 450. The monoisotopic (exact) mass is 309 g/mol. The molecule has 0 saturated heterocycles. The molecule has 0 bridgehead atoms. The van der Waals surface area contributed by atoms with Gasteiger partial charge in [-0.1, -0.05) is 29.8 Å². The number of carbonyl (C=O) groups excluding carboxylic acids is 1. The molecule has 1 aromatic carbocycles. The zero-order valence-electron chi connectivity index (χ0n) is 13.6. The van der Waals surface area contributed by atoms with Gasteiger partial charge in [-0.25, -0.2) is 0 Å². The third-order valence-electron chi connectivity index (χ3n) is 3.59. The second kappa shape index (κ2) is 9.11. The van der Waals surface area contributed by atoms with Crippen LogP contribution in [0, 0.1) is 6.92 Å². The van der Waals surface area contributed by atoms with E-state index in [4.69, 9.17) is 4.74 Å². The molecule has 1 rings (SSSR count). The zero-order chi connectivity index (χ0) is 15.7. The van der Waals surface area contributed by atoms with Gasteiger partial charge < -0.3 is 10.1 Å². The van der Waals surface area contributed by atoms with Gasteiger partial charge in [-0.2, -0.15) is 11.8 Å². The summed E-state index contributed by atoms with van der Waals surface area (Å²) in [6.07, 6.45) is 1.79. The lowest BCUT2D eigenvalue weighted by atomic mass is 9.97. The van der Waals surface area contributed by atoms with Gasteiger partial charge in [0.2, 0.25) is 0 Å². The number of hydrogen-bond donors (Lipinski definition) is 1. The van der Waals surface area contributed by atoms with Crippen LogP contribution >= 0.6 is 11.8 Å². The Hall–Kier alpha value is -1.00. The summed E-state index contributed by atoms with van der Waals surface area (Å²) in [4.78, 5) is 11.9. The van der Waals surface area contributed by atoms with Crippen molar-refractivity contribution in [3.05, 3.63) is 35.4 Å². The molecule has 0 aliphatic heterocycles. The first kappa shape index (κ1) is 18.1. The normalized spacial score (nSPS) is 13.7. The van der Waals surface area contributed by atoms with E-state index >= 15 is 0 Å². The molecule has 3 nitrogen and oxygen atoms in total. The van der Waals surface area contributed by atoms with Crippen LogP contribution in [0.1, 0.15) is 37.8 Å². The van der Waals surface area contributed by atoms with E-state index in [2.05, 4.69) is 36.5 Å². The van der Waals surface area contributed by atoms with Crippen LogP contribution in [0.5, 0.6) is 0 Å². The molecule has 0 aromatic heterocycles. The average molecular weight is 309 g/mol. The molecule has 0 heterocycles. The van der Waals surface area contributed by atoms with Crippen LogP contribution in [-0.4, -0.2) is 30.9 Å². The van der Waals surface area contributed by atoms with Crippen molar-refractivity contribution in [1.82, 2.24) is 5.32 Å². The number of rotatable bonds is 9. The molecule has 1 N–H and O–H groups in total. The first-order valence-corrected chi connectivity index (χ1v) is 8.66. The smallest absolute Gasteiger partial charge is 0.326 e. The largest absolute Gasteiger partial charge is 0.465 e. The summed E-state index contributed by atoms with van der Waals surface area (Å²) < 4.78 is 5.13. The molecule has 0 radical (unpaired) electrons. The van der Waals surface area contributed by atoms with E-state index in [0.29, 0.717) is 6.61 Å². The van der Waals surface area contributed by atoms with Gasteiger partial charge in [-0.3, -0.25) is 4.79 Å². The van der Waals surface area contributed by atoms with Crippen LogP contribution in [0.25, 0.3) is 0 Å². The molecule has 0 aliphatic carbocycles. The number of ether oxygens (including phenoxy) is 1. The van der Waals surface area contributed by atoms with Crippen LogP contribution < -0.4 is 5.32 Å². The predicted molar refractivity (Wildman–Crippen MR) is 90.7 cm³/mol. The number of likely N-dealkylation sites (N-methyl/N-ethyl adjacent to an activating group) is 1. The molecule has 118 valence electrons. The highest BCUT2D eigenvalue weighted by Crippen LogP contribution is 2.19. The third-order valence-corrected chi connectivity index (χ3v) is 4.71. The first-order chi connectivity index (χ1) is 10.0. The molecule has 0 aliphatic rings. The highest BCUT2D eigenvalue weighted by atomic mass is 32.2. The molecular formula is C17H27NO2S. The van der Waals surface area contributed by atoms with E-state index < -0.39 is 5.54 Å². The van der Waals surface area contributed by atoms with Crippen molar-refractivity contribution in [3.8, 4) is 0 Å². The fraction of sp³-hybridized carbons (Fsp3) is 0.588. The van der Waals surface area contributed by atoms with Crippen LogP contribution in [0.15, 0.2) is 24.3 Å². The summed E-state index contributed by atoms with van der Waals surface area (Å²) in [5.41, 5.74) is 2.10. The van der Waals surface area contributed by atoms with Gasteiger partial charge in [-0.15, -0.1) is 0 Å². The summed E-state index contributed by atoms with van der Waals surface area (Å²) in [5, 5.41) is 3.10. The third kappa shape index (κ3) is 6.10. The second-order valence-electron chi connectivity index (χ2n) is 5.45. The topological polar surface area (TPSA) is 38.3 Å². The fourth-order valence-electron chi connectivity index (χ4n) is 2.14. The van der Waals surface area contributed by atoms with Gasteiger partial charge in [0.05, 0.1) is 6.61 Å². The van der Waals surface area contributed by atoms with Crippen LogP contribution in [-0.2, 0) is 15.3 Å². The molecule has 0 spiro atoms. The Labute approximate surface area is 132 Å². The molecule has 0 saturated carbocycles. The summed E-state index contributed by atoms with van der Waals surface area (Å²) in [5.74, 6) is 1.92. The minimum absolute atomic E-state index is 0.156. The van der Waals surface area contributed by atoms with Crippen molar-refractivity contribution >= 4 is 17.7 Å². The Morgan fingerprint density at radius 3 is 2.81 bits per heavy atom. The van der Waals surface area contributed by atoms with Crippen LogP contribution in [0.3, 0.4) is 0 Å². The number of esters is 1. The number of aryl methyl sites for hydroxylation is 1. The maximum Gasteiger partial charge on any atom is 0.326 e. The van der Waals surface area contributed by atoms with Gasteiger partial charge in [-0.05, 0) is 52.0 Å². The Morgan fingerprint density at radius 2 is 2.19 bits per heavy atom. The van der Waals surface area contributed by atoms with E-state index in [1.165, 1.54) is 11.1 Å². The molecule has 1 unspecified atom stereocenters. The number of carbonyl (C=O) groups is 1. The minimum atomic E-state index is -0.570. The van der Waals surface area contributed by atoms with Crippen LogP contribution in [0.2, 0.25) is 0 Å². The van der Waals surface area contributed by atoms with Crippen molar-refractivity contribution in [3.63, 3.8) is 0 Å². The van der Waals surface area contributed by atoms with Crippen molar-refractivity contribution < 1.29 is 9.53 Å². The molecular weight excluding hydrogens is 282 g/mol. The Kier molecular flexibility index (Phi) is 7.83. The predicted octanol–water partition coefficient (Wildman–Crippen LogP) is 3.55. The van der Waals surface area contributed by atoms with Crippen molar-refractivity contribution in [2.75, 3.05) is 19.4 Å². The highest BCUT2D eigenvalue weighted by molar-refractivity contribution is 7.98. The maximum atomic E-state index is 11.9. The summed E-state index contributed by atoms with van der Waals surface area (Å²) in [6, 6.07) is 8.61. The molecule has 4 heteroatoms. The van der Waals surface area contributed by atoms with Gasteiger partial charge in [0.25, 0.3) is 0 Å². The number of thioether (sulfide) groups is 1. The molecule has 0 fully saturated rings.